The Morgan fingerprint density at radius 1 is 0.286 bits per heavy atom. The van der Waals surface area contributed by atoms with Crippen molar-refractivity contribution in [2.45, 2.75) is 284 Å². The van der Waals surface area contributed by atoms with E-state index >= 15 is 0 Å². The van der Waals surface area contributed by atoms with Crippen LogP contribution in [0.5, 0.6) is 0 Å². The molecule has 294 valence electrons. The highest BCUT2D eigenvalue weighted by molar-refractivity contribution is 5.68. The van der Waals surface area contributed by atoms with E-state index in [9.17, 15) is 4.79 Å². The molecule has 0 aromatic carbocycles. The normalized spacial score (nSPS) is 11.5. The molecule has 0 saturated heterocycles. The maximum atomic E-state index is 11.9. The lowest BCUT2D eigenvalue weighted by Crippen LogP contribution is -2.06. The second kappa shape index (κ2) is 45.5. The van der Waals surface area contributed by atoms with Crippen molar-refractivity contribution in [1.29, 1.82) is 0 Å². The first-order valence-electron chi connectivity index (χ1n) is 23.1. The molecule has 0 atom stereocenters. The molecule has 0 bridgehead atoms. The van der Waals surface area contributed by atoms with Crippen LogP contribution in [0, 0.1) is 0 Å². The van der Waals surface area contributed by atoms with Crippen LogP contribution in [0.1, 0.15) is 284 Å². The van der Waals surface area contributed by atoms with Gasteiger partial charge < -0.3 is 0 Å². The molecule has 0 unspecified atom stereocenters. The number of rotatable bonds is 44. The summed E-state index contributed by atoms with van der Waals surface area (Å²) >= 11 is 0. The summed E-state index contributed by atoms with van der Waals surface area (Å²) in [7, 11) is 0. The third kappa shape index (κ3) is 45.4. The lowest BCUT2D eigenvalue weighted by Gasteiger charge is -2.05. The Labute approximate surface area is 309 Å². The van der Waals surface area contributed by atoms with Gasteiger partial charge in [0.05, 0.1) is 6.61 Å². The average molecular weight is 693 g/mol. The molecular weight excluding hydrogens is 601 g/mol. The molecule has 0 amide bonds. The molecule has 49 heavy (non-hydrogen) atoms. The van der Waals surface area contributed by atoms with Crippen LogP contribution < -0.4 is 0 Å². The van der Waals surface area contributed by atoms with Crippen LogP contribution in [0.3, 0.4) is 0 Å². The van der Waals surface area contributed by atoms with Gasteiger partial charge in [-0.15, -0.1) is 0 Å². The Bertz CT molecular complexity index is 591. The molecule has 0 N–H and O–H groups in total. The standard InChI is InChI=1S/C46H92O3/c1-3-5-7-9-11-13-15-17-19-20-21-22-23-24-25-26-27-28-29-31-33-35-37-39-41-43-45-48-49-46(47)44-42-40-38-36-34-32-30-18-16-14-12-10-8-6-4-2/h3-45H2,1-2H3. The van der Waals surface area contributed by atoms with E-state index in [0.29, 0.717) is 13.0 Å². The second-order valence-electron chi connectivity index (χ2n) is 15.8. The molecule has 0 aliphatic rings. The van der Waals surface area contributed by atoms with Gasteiger partial charge in [0.1, 0.15) is 0 Å². The molecular formula is C46H92O3. The van der Waals surface area contributed by atoms with Crippen LogP contribution in [0.4, 0.5) is 0 Å². The first-order chi connectivity index (χ1) is 24.3. The largest absolute Gasteiger partial charge is 0.342 e. The van der Waals surface area contributed by atoms with Crippen molar-refractivity contribution in [3.05, 3.63) is 0 Å². The van der Waals surface area contributed by atoms with Crippen LogP contribution in [0.2, 0.25) is 0 Å². The summed E-state index contributed by atoms with van der Waals surface area (Å²) < 4.78 is 0. The van der Waals surface area contributed by atoms with Crippen molar-refractivity contribution in [2.75, 3.05) is 6.61 Å². The average Bonchev–Trinajstić information content (AvgIpc) is 3.11. The predicted octanol–water partition coefficient (Wildman–Crippen LogP) is 16.9. The van der Waals surface area contributed by atoms with E-state index in [-0.39, 0.29) is 5.97 Å². The minimum atomic E-state index is -0.190. The maximum absolute atomic E-state index is 11.9. The summed E-state index contributed by atoms with van der Waals surface area (Å²) in [5.41, 5.74) is 0. The molecule has 0 spiro atoms. The molecule has 0 heterocycles. The zero-order valence-electron chi connectivity index (χ0n) is 34.1. The van der Waals surface area contributed by atoms with E-state index in [4.69, 9.17) is 9.78 Å². The first-order valence-corrected chi connectivity index (χ1v) is 23.1. The number of carbonyl (C=O) groups is 1. The summed E-state index contributed by atoms with van der Waals surface area (Å²) in [6.07, 6.45) is 57.2. The van der Waals surface area contributed by atoms with Crippen molar-refractivity contribution in [3.8, 4) is 0 Å². The van der Waals surface area contributed by atoms with Gasteiger partial charge in [-0.25, -0.2) is 4.79 Å². The zero-order valence-corrected chi connectivity index (χ0v) is 34.1. The molecule has 0 aliphatic carbocycles. The predicted molar refractivity (Wildman–Crippen MR) is 217 cm³/mol. The molecule has 0 aromatic rings. The topological polar surface area (TPSA) is 35.5 Å². The molecule has 0 rings (SSSR count). The summed E-state index contributed by atoms with van der Waals surface area (Å²) in [6, 6.07) is 0. The van der Waals surface area contributed by atoms with Crippen LogP contribution in [-0.2, 0) is 14.6 Å². The Morgan fingerprint density at radius 3 is 0.735 bits per heavy atom. The fourth-order valence-electron chi connectivity index (χ4n) is 7.27. The highest BCUT2D eigenvalue weighted by atomic mass is 17.2. The summed E-state index contributed by atoms with van der Waals surface area (Å²) in [4.78, 5) is 22.0. The molecule has 0 aromatic heterocycles. The fraction of sp³-hybridized carbons (Fsp3) is 0.978. The van der Waals surface area contributed by atoms with Gasteiger partial charge in [-0.1, -0.05) is 264 Å². The van der Waals surface area contributed by atoms with Crippen molar-refractivity contribution >= 4 is 5.97 Å². The van der Waals surface area contributed by atoms with Crippen LogP contribution in [0.15, 0.2) is 0 Å². The first kappa shape index (κ1) is 48.4. The molecule has 0 aliphatic heterocycles. The van der Waals surface area contributed by atoms with Crippen LogP contribution in [0.25, 0.3) is 0 Å². The maximum Gasteiger partial charge on any atom is 0.342 e. The van der Waals surface area contributed by atoms with Gasteiger partial charge in [0.2, 0.25) is 0 Å². The zero-order chi connectivity index (χ0) is 35.4. The van der Waals surface area contributed by atoms with Gasteiger partial charge in [0.15, 0.2) is 0 Å². The van der Waals surface area contributed by atoms with Gasteiger partial charge in [0, 0.05) is 6.42 Å². The van der Waals surface area contributed by atoms with Gasteiger partial charge in [0.25, 0.3) is 0 Å². The van der Waals surface area contributed by atoms with Crippen molar-refractivity contribution in [2.24, 2.45) is 0 Å². The molecule has 3 nitrogen and oxygen atoms in total. The van der Waals surface area contributed by atoms with E-state index in [1.54, 1.807) is 0 Å². The highest BCUT2D eigenvalue weighted by Crippen LogP contribution is 2.17. The lowest BCUT2D eigenvalue weighted by atomic mass is 10.0. The summed E-state index contributed by atoms with van der Waals surface area (Å²) in [5.74, 6) is -0.190. The Morgan fingerprint density at radius 2 is 0.490 bits per heavy atom. The third-order valence-corrected chi connectivity index (χ3v) is 10.7. The van der Waals surface area contributed by atoms with Crippen LogP contribution in [-0.4, -0.2) is 12.6 Å². The van der Waals surface area contributed by atoms with E-state index < -0.39 is 0 Å². The Hall–Kier alpha value is -0.570. The minimum absolute atomic E-state index is 0.190. The van der Waals surface area contributed by atoms with E-state index in [2.05, 4.69) is 13.8 Å². The number of hydrogen-bond acceptors (Lipinski definition) is 3. The molecule has 0 saturated carbocycles. The highest BCUT2D eigenvalue weighted by Gasteiger charge is 2.04. The van der Waals surface area contributed by atoms with Crippen molar-refractivity contribution in [1.82, 2.24) is 0 Å². The SMILES string of the molecule is CCCCCCCCCCCCCCCCCCCCCCCCCCCCOOC(=O)CCCCCCCCCCCCCCCCC. The van der Waals surface area contributed by atoms with Gasteiger partial charge in [-0.05, 0) is 12.8 Å². The Balaban J connectivity index is 3.13. The molecule has 0 fully saturated rings. The monoisotopic (exact) mass is 693 g/mol. The van der Waals surface area contributed by atoms with Gasteiger partial charge >= 0.3 is 5.97 Å². The number of carbonyl (C=O) groups excluding carboxylic acids is 1. The van der Waals surface area contributed by atoms with Gasteiger partial charge in [-0.2, -0.15) is 4.89 Å². The molecule has 3 heteroatoms. The van der Waals surface area contributed by atoms with Gasteiger partial charge in [-0.3, -0.25) is 4.89 Å². The van der Waals surface area contributed by atoms with Crippen molar-refractivity contribution in [3.63, 3.8) is 0 Å². The third-order valence-electron chi connectivity index (χ3n) is 10.7. The van der Waals surface area contributed by atoms with E-state index in [1.165, 1.54) is 244 Å². The smallest absolute Gasteiger partial charge is 0.298 e. The van der Waals surface area contributed by atoms with E-state index in [1.807, 2.05) is 0 Å². The quantitative estimate of drug-likeness (QED) is 0.0362. The summed E-state index contributed by atoms with van der Waals surface area (Å²) in [6.45, 7) is 5.13. The van der Waals surface area contributed by atoms with Crippen molar-refractivity contribution < 1.29 is 14.6 Å². The number of hydrogen-bond donors (Lipinski definition) is 0. The van der Waals surface area contributed by atoms with Crippen LogP contribution >= 0.6 is 0 Å². The Kier molecular flexibility index (Phi) is 44.9. The summed E-state index contributed by atoms with van der Waals surface area (Å²) in [5, 5.41) is 0. The van der Waals surface area contributed by atoms with E-state index in [0.717, 1.165) is 19.3 Å². The fourth-order valence-corrected chi connectivity index (χ4v) is 7.27. The second-order valence-corrected chi connectivity index (χ2v) is 15.8. The number of unbranched alkanes of at least 4 members (excludes halogenated alkanes) is 39. The molecule has 0 radical (unpaired) electrons. The lowest BCUT2D eigenvalue weighted by molar-refractivity contribution is -0.272. The minimum Gasteiger partial charge on any atom is -0.298 e.